The van der Waals surface area contributed by atoms with Gasteiger partial charge in [-0.2, -0.15) is 0 Å². The summed E-state index contributed by atoms with van der Waals surface area (Å²) in [4.78, 5) is 2.52. The van der Waals surface area contributed by atoms with E-state index < -0.39 is 0 Å². The maximum Gasteiger partial charge on any atom is 0.0540 e. The quantitative estimate of drug-likeness (QED) is 0.179. The largest absolute Gasteiger partial charge is 0.310 e. The molecule has 7 aromatic rings. The Balaban J connectivity index is 1.18. The van der Waals surface area contributed by atoms with E-state index in [0.717, 1.165) is 0 Å². The maximum absolute atomic E-state index is 2.54. The van der Waals surface area contributed by atoms with Gasteiger partial charge in [-0.05, 0) is 91.5 Å². The molecule has 53 heavy (non-hydrogen) atoms. The summed E-state index contributed by atoms with van der Waals surface area (Å²) in [6.45, 7) is 4.75. The number of para-hydroxylation sites is 1. The summed E-state index contributed by atoms with van der Waals surface area (Å²) < 4.78 is 0. The highest BCUT2D eigenvalue weighted by atomic mass is 15.1. The Morgan fingerprint density at radius 3 is 1.75 bits per heavy atom. The molecule has 0 radical (unpaired) electrons. The lowest BCUT2D eigenvalue weighted by Gasteiger charge is -2.37. The molecule has 11 rings (SSSR count). The van der Waals surface area contributed by atoms with Gasteiger partial charge in [-0.15, -0.1) is 0 Å². The third-order valence-corrected chi connectivity index (χ3v) is 12.8. The minimum atomic E-state index is -0.295. The Hall–Kier alpha value is -6.18. The summed E-state index contributed by atoms with van der Waals surface area (Å²) in [7, 11) is 0. The van der Waals surface area contributed by atoms with Gasteiger partial charge < -0.3 is 4.90 Å². The van der Waals surface area contributed by atoms with Gasteiger partial charge in [0.05, 0.1) is 11.1 Å². The van der Waals surface area contributed by atoms with Crippen LogP contribution in [-0.2, 0) is 10.8 Å². The van der Waals surface area contributed by atoms with Crippen molar-refractivity contribution < 1.29 is 0 Å². The van der Waals surface area contributed by atoms with Gasteiger partial charge in [0.15, 0.2) is 0 Å². The van der Waals surface area contributed by atoms with Crippen LogP contribution in [0, 0.1) is 5.92 Å². The summed E-state index contributed by atoms with van der Waals surface area (Å²) in [5.41, 5.74) is 19.3. The standard InChI is InChI=1S/C52H39N/c1-51(2)44-23-11-6-19-38(44)42-30-28-35(32-48(42)51)53(50-27-15-10-18-37(50)34-16-4-3-5-17-34)36-29-31-43-41-22-9-14-26-47(41)52(49(43)33-36)45-24-12-7-20-39(45)40-21-8-13-25-46(40)52/h3-33,39,45H,1-2H3. The van der Waals surface area contributed by atoms with Crippen LogP contribution in [0.3, 0.4) is 0 Å². The number of hydrogen-bond acceptors (Lipinski definition) is 1. The van der Waals surface area contributed by atoms with Crippen molar-refractivity contribution in [3.63, 3.8) is 0 Å². The van der Waals surface area contributed by atoms with Crippen molar-refractivity contribution >= 4 is 17.1 Å². The molecule has 1 spiro atoms. The molecular formula is C52H39N. The van der Waals surface area contributed by atoms with E-state index in [-0.39, 0.29) is 16.7 Å². The molecule has 1 heteroatoms. The summed E-state index contributed by atoms with van der Waals surface area (Å²) in [6, 6.07) is 61.5. The van der Waals surface area contributed by atoms with Crippen LogP contribution in [0.5, 0.6) is 0 Å². The van der Waals surface area contributed by atoms with Gasteiger partial charge in [-0.25, -0.2) is 0 Å². The molecule has 3 atom stereocenters. The van der Waals surface area contributed by atoms with Gasteiger partial charge in [-0.1, -0.05) is 172 Å². The van der Waals surface area contributed by atoms with Gasteiger partial charge in [0.1, 0.15) is 0 Å². The summed E-state index contributed by atoms with van der Waals surface area (Å²) in [5, 5.41) is 0. The molecular weight excluding hydrogens is 639 g/mol. The molecule has 0 amide bonds. The average molecular weight is 678 g/mol. The number of benzene rings is 7. The van der Waals surface area contributed by atoms with Crippen LogP contribution >= 0.6 is 0 Å². The third-order valence-electron chi connectivity index (χ3n) is 12.8. The number of anilines is 3. The summed E-state index contributed by atoms with van der Waals surface area (Å²) >= 11 is 0. The van der Waals surface area contributed by atoms with Crippen molar-refractivity contribution in [2.75, 3.05) is 4.90 Å². The van der Waals surface area contributed by atoms with Crippen molar-refractivity contribution in [2.24, 2.45) is 5.92 Å². The molecule has 0 bridgehead atoms. The van der Waals surface area contributed by atoms with Crippen molar-refractivity contribution in [1.29, 1.82) is 0 Å². The van der Waals surface area contributed by atoms with Gasteiger partial charge in [0.25, 0.3) is 0 Å². The first-order valence-electron chi connectivity index (χ1n) is 18.9. The Morgan fingerprint density at radius 2 is 0.981 bits per heavy atom. The predicted molar refractivity (Wildman–Crippen MR) is 220 cm³/mol. The highest BCUT2D eigenvalue weighted by molar-refractivity contribution is 5.93. The van der Waals surface area contributed by atoms with E-state index in [1.165, 1.54) is 83.8 Å². The molecule has 0 saturated heterocycles. The van der Waals surface area contributed by atoms with Crippen molar-refractivity contribution in [3.05, 3.63) is 221 Å². The first-order chi connectivity index (χ1) is 26.1. The second-order valence-electron chi connectivity index (χ2n) is 15.6. The molecule has 0 aliphatic heterocycles. The lowest BCUT2D eigenvalue weighted by atomic mass is 9.65. The van der Waals surface area contributed by atoms with E-state index in [1.54, 1.807) is 0 Å². The Labute approximate surface area is 312 Å². The van der Waals surface area contributed by atoms with E-state index in [9.17, 15) is 0 Å². The normalized spacial score (nSPS) is 20.3. The number of fused-ring (bicyclic) bond motifs is 13. The first-order valence-corrected chi connectivity index (χ1v) is 18.9. The molecule has 4 aliphatic rings. The second-order valence-corrected chi connectivity index (χ2v) is 15.6. The summed E-state index contributed by atoms with van der Waals surface area (Å²) in [6.07, 6.45) is 9.42. The van der Waals surface area contributed by atoms with Crippen LogP contribution in [0.2, 0.25) is 0 Å². The molecule has 1 nitrogen and oxygen atoms in total. The smallest absolute Gasteiger partial charge is 0.0540 e. The fourth-order valence-electron chi connectivity index (χ4n) is 10.5. The zero-order valence-electron chi connectivity index (χ0n) is 30.0. The fourth-order valence-corrected chi connectivity index (χ4v) is 10.5. The first kappa shape index (κ1) is 30.4. The minimum absolute atomic E-state index is 0.112. The van der Waals surface area contributed by atoms with E-state index >= 15 is 0 Å². The average Bonchev–Trinajstić information content (AvgIpc) is 3.77. The number of nitrogens with zero attached hydrogens (tertiary/aromatic N) is 1. The molecule has 252 valence electrons. The van der Waals surface area contributed by atoms with E-state index in [1.807, 2.05) is 0 Å². The molecule has 0 heterocycles. The van der Waals surface area contributed by atoms with Crippen LogP contribution in [-0.4, -0.2) is 0 Å². The molecule has 4 aliphatic carbocycles. The van der Waals surface area contributed by atoms with Gasteiger partial charge in [0, 0.05) is 34.2 Å². The zero-order chi connectivity index (χ0) is 35.3. The van der Waals surface area contributed by atoms with Gasteiger partial charge in [0.2, 0.25) is 0 Å². The monoisotopic (exact) mass is 677 g/mol. The lowest BCUT2D eigenvalue weighted by Crippen LogP contribution is -2.33. The van der Waals surface area contributed by atoms with Crippen molar-refractivity contribution in [2.45, 2.75) is 30.6 Å². The summed E-state index contributed by atoms with van der Waals surface area (Å²) in [5.74, 6) is 0.612. The SMILES string of the molecule is CC1(C)c2ccccc2-c2ccc(N(c3ccc4c(c3)C3(c5ccccc5-4)c4ccccc4C4C=CC=CC43)c3ccccc3-c3ccccc3)cc21. The predicted octanol–water partition coefficient (Wildman–Crippen LogP) is 13.3. The Kier molecular flexibility index (Phi) is 6.41. The van der Waals surface area contributed by atoms with Crippen LogP contribution in [0.4, 0.5) is 17.1 Å². The Bertz CT molecular complexity index is 2680. The third kappa shape index (κ3) is 4.08. The molecule has 3 unspecified atom stereocenters. The van der Waals surface area contributed by atoms with Crippen molar-refractivity contribution in [3.8, 4) is 33.4 Å². The molecule has 0 fully saturated rings. The van der Waals surface area contributed by atoms with Crippen LogP contribution in [0.25, 0.3) is 33.4 Å². The van der Waals surface area contributed by atoms with Crippen molar-refractivity contribution in [1.82, 2.24) is 0 Å². The van der Waals surface area contributed by atoms with Gasteiger partial charge >= 0.3 is 0 Å². The lowest BCUT2D eigenvalue weighted by molar-refractivity contribution is 0.465. The van der Waals surface area contributed by atoms with E-state index in [0.29, 0.717) is 5.92 Å². The number of rotatable bonds is 4. The topological polar surface area (TPSA) is 3.24 Å². The highest BCUT2D eigenvalue weighted by Gasteiger charge is 2.57. The highest BCUT2D eigenvalue weighted by Crippen LogP contribution is 2.65. The van der Waals surface area contributed by atoms with E-state index in [4.69, 9.17) is 0 Å². The molecule has 0 saturated carbocycles. The fraction of sp³-hybridized carbons (Fsp3) is 0.115. The number of allylic oxidation sites excluding steroid dienone is 4. The van der Waals surface area contributed by atoms with Crippen LogP contribution in [0.1, 0.15) is 53.1 Å². The zero-order valence-corrected chi connectivity index (χ0v) is 30.0. The van der Waals surface area contributed by atoms with E-state index in [2.05, 4.69) is 207 Å². The molecule has 7 aromatic carbocycles. The molecule has 0 N–H and O–H groups in total. The second kappa shape index (κ2) is 11.2. The molecule has 0 aromatic heterocycles. The van der Waals surface area contributed by atoms with Crippen LogP contribution < -0.4 is 4.90 Å². The number of hydrogen-bond donors (Lipinski definition) is 0. The maximum atomic E-state index is 2.54. The Morgan fingerprint density at radius 1 is 0.434 bits per heavy atom. The van der Waals surface area contributed by atoms with Crippen LogP contribution in [0.15, 0.2) is 188 Å². The minimum Gasteiger partial charge on any atom is -0.310 e. The van der Waals surface area contributed by atoms with Gasteiger partial charge in [-0.3, -0.25) is 0 Å².